The van der Waals surface area contributed by atoms with Crippen LogP contribution >= 0.6 is 11.6 Å². The highest BCUT2D eigenvalue weighted by molar-refractivity contribution is 6.32. The fourth-order valence-electron chi connectivity index (χ4n) is 3.14. The second-order valence-corrected chi connectivity index (χ2v) is 6.81. The first kappa shape index (κ1) is 18.1. The Balaban J connectivity index is 2.09. The topological polar surface area (TPSA) is 20.3 Å². The van der Waals surface area contributed by atoms with Crippen LogP contribution in [0.2, 0.25) is 0 Å². The standard InChI is InChI=1S/C20H28ClNO/c1-3-5-8-14-18-19(17(21)13-6-4-2)20(23)22(18)15-16-11-9-7-10-12-16/h7,9-12,18H,3-6,8,13-15H2,1-2H3/b19-17+. The van der Waals surface area contributed by atoms with E-state index in [0.717, 1.165) is 42.7 Å². The fourth-order valence-corrected chi connectivity index (χ4v) is 3.48. The normalized spacial score (nSPS) is 19.7. The average Bonchev–Trinajstić information content (AvgIpc) is 2.58. The first-order chi connectivity index (χ1) is 11.2. The zero-order valence-electron chi connectivity index (χ0n) is 14.4. The molecule has 0 aliphatic carbocycles. The van der Waals surface area contributed by atoms with Crippen LogP contribution in [-0.2, 0) is 11.3 Å². The van der Waals surface area contributed by atoms with Crippen LogP contribution in [0.15, 0.2) is 40.9 Å². The van der Waals surface area contributed by atoms with E-state index in [4.69, 9.17) is 11.6 Å². The van der Waals surface area contributed by atoms with Gasteiger partial charge in [-0.05, 0) is 24.8 Å². The molecule has 1 aliphatic rings. The molecule has 23 heavy (non-hydrogen) atoms. The van der Waals surface area contributed by atoms with Gasteiger partial charge in [0.1, 0.15) is 0 Å². The molecule has 1 aliphatic heterocycles. The molecule has 0 saturated carbocycles. The van der Waals surface area contributed by atoms with E-state index in [0.29, 0.717) is 6.54 Å². The van der Waals surface area contributed by atoms with Crippen LogP contribution < -0.4 is 0 Å². The van der Waals surface area contributed by atoms with Crippen LogP contribution in [0.25, 0.3) is 0 Å². The highest BCUT2D eigenvalue weighted by Gasteiger charge is 2.42. The summed E-state index contributed by atoms with van der Waals surface area (Å²) in [5.74, 6) is 0.136. The maximum atomic E-state index is 12.6. The Bertz CT molecular complexity index is 538. The minimum Gasteiger partial charge on any atom is -0.327 e. The van der Waals surface area contributed by atoms with E-state index in [-0.39, 0.29) is 11.9 Å². The summed E-state index contributed by atoms with van der Waals surface area (Å²) < 4.78 is 0. The van der Waals surface area contributed by atoms with Gasteiger partial charge in [-0.2, -0.15) is 0 Å². The number of likely N-dealkylation sites (tertiary alicyclic amines) is 1. The minimum absolute atomic E-state index is 0.136. The molecule has 0 bridgehead atoms. The third-order valence-corrected chi connectivity index (χ3v) is 4.91. The number of β-lactam (4-membered cyclic amide) rings is 1. The summed E-state index contributed by atoms with van der Waals surface area (Å²) in [7, 11) is 0. The monoisotopic (exact) mass is 333 g/mol. The van der Waals surface area contributed by atoms with Gasteiger partial charge in [-0.15, -0.1) is 0 Å². The molecule has 1 atom stereocenters. The lowest BCUT2D eigenvalue weighted by atomic mass is 9.87. The molecule has 1 fully saturated rings. The van der Waals surface area contributed by atoms with Crippen LogP contribution in [0.5, 0.6) is 0 Å². The first-order valence-electron chi connectivity index (χ1n) is 8.92. The van der Waals surface area contributed by atoms with Crippen molar-refractivity contribution in [3.8, 4) is 0 Å². The Kier molecular flexibility index (Phi) is 7.16. The van der Waals surface area contributed by atoms with Crippen molar-refractivity contribution in [1.82, 2.24) is 4.90 Å². The van der Waals surface area contributed by atoms with Crippen LogP contribution in [0.4, 0.5) is 0 Å². The highest BCUT2D eigenvalue weighted by atomic mass is 35.5. The molecule has 0 radical (unpaired) electrons. The van der Waals surface area contributed by atoms with Gasteiger partial charge in [-0.1, -0.05) is 81.5 Å². The van der Waals surface area contributed by atoms with Gasteiger partial charge in [0.2, 0.25) is 0 Å². The molecular weight excluding hydrogens is 306 g/mol. The molecule has 2 rings (SSSR count). The summed E-state index contributed by atoms with van der Waals surface area (Å²) >= 11 is 6.46. The van der Waals surface area contributed by atoms with E-state index in [9.17, 15) is 4.79 Å². The molecule has 1 unspecified atom stereocenters. The van der Waals surface area contributed by atoms with Gasteiger partial charge >= 0.3 is 0 Å². The molecule has 1 heterocycles. The number of allylic oxidation sites excluding steroid dienone is 1. The highest BCUT2D eigenvalue weighted by Crippen LogP contribution is 2.36. The number of carbonyl (C=O) groups is 1. The molecule has 0 aromatic heterocycles. The maximum Gasteiger partial charge on any atom is 0.253 e. The molecule has 2 nitrogen and oxygen atoms in total. The summed E-state index contributed by atoms with van der Waals surface area (Å²) in [4.78, 5) is 14.6. The number of rotatable bonds is 9. The summed E-state index contributed by atoms with van der Waals surface area (Å²) in [5.41, 5.74) is 2.07. The minimum atomic E-state index is 0.136. The van der Waals surface area contributed by atoms with E-state index in [1.165, 1.54) is 18.4 Å². The van der Waals surface area contributed by atoms with Crippen LogP contribution in [-0.4, -0.2) is 16.8 Å². The lowest BCUT2D eigenvalue weighted by Gasteiger charge is -2.44. The van der Waals surface area contributed by atoms with Crippen LogP contribution in [0, 0.1) is 0 Å². The number of hydrogen-bond donors (Lipinski definition) is 0. The van der Waals surface area contributed by atoms with Crippen LogP contribution in [0.3, 0.4) is 0 Å². The van der Waals surface area contributed by atoms with Crippen molar-refractivity contribution >= 4 is 17.5 Å². The van der Waals surface area contributed by atoms with Crippen molar-refractivity contribution in [1.29, 1.82) is 0 Å². The number of nitrogens with zero attached hydrogens (tertiary/aromatic N) is 1. The van der Waals surface area contributed by atoms with Gasteiger partial charge in [0, 0.05) is 11.6 Å². The van der Waals surface area contributed by atoms with Crippen molar-refractivity contribution in [2.45, 2.75) is 71.4 Å². The molecule has 1 saturated heterocycles. The lowest BCUT2D eigenvalue weighted by molar-refractivity contribution is -0.138. The Morgan fingerprint density at radius 1 is 1.09 bits per heavy atom. The number of amides is 1. The third kappa shape index (κ3) is 4.60. The van der Waals surface area contributed by atoms with Crippen molar-refractivity contribution in [3.63, 3.8) is 0 Å². The largest absolute Gasteiger partial charge is 0.327 e. The third-order valence-electron chi connectivity index (χ3n) is 4.52. The summed E-state index contributed by atoms with van der Waals surface area (Å²) in [6, 6.07) is 10.4. The van der Waals surface area contributed by atoms with Gasteiger partial charge in [0.25, 0.3) is 5.91 Å². The number of unbranched alkanes of at least 4 members (excludes halogenated alkanes) is 3. The van der Waals surface area contributed by atoms with Gasteiger partial charge in [-0.25, -0.2) is 0 Å². The summed E-state index contributed by atoms with van der Waals surface area (Å²) in [6.07, 6.45) is 7.58. The van der Waals surface area contributed by atoms with Crippen molar-refractivity contribution in [3.05, 3.63) is 46.5 Å². The maximum absolute atomic E-state index is 12.6. The average molecular weight is 334 g/mol. The molecule has 0 spiro atoms. The van der Waals surface area contributed by atoms with Crippen molar-refractivity contribution in [2.24, 2.45) is 0 Å². The van der Waals surface area contributed by atoms with Crippen molar-refractivity contribution < 1.29 is 4.79 Å². The molecule has 126 valence electrons. The summed E-state index contributed by atoms with van der Waals surface area (Å²) in [5, 5.41) is 0.794. The Morgan fingerprint density at radius 2 is 1.78 bits per heavy atom. The number of halogens is 1. The molecule has 0 N–H and O–H groups in total. The molecule has 1 aromatic carbocycles. The second-order valence-electron chi connectivity index (χ2n) is 6.35. The SMILES string of the molecule is CCCCCC1/C(=C(\Cl)CCCC)C(=O)N1Cc1ccccc1. The predicted octanol–water partition coefficient (Wildman–Crippen LogP) is 5.66. The second kappa shape index (κ2) is 9.12. The van der Waals surface area contributed by atoms with E-state index in [2.05, 4.69) is 26.0 Å². The van der Waals surface area contributed by atoms with Gasteiger partial charge in [-0.3, -0.25) is 4.79 Å². The quantitative estimate of drug-likeness (QED) is 0.324. The number of hydrogen-bond acceptors (Lipinski definition) is 1. The van der Waals surface area contributed by atoms with E-state index >= 15 is 0 Å². The van der Waals surface area contributed by atoms with E-state index < -0.39 is 0 Å². The lowest BCUT2D eigenvalue weighted by Crippen LogP contribution is -2.54. The molecular formula is C20H28ClNO. The molecule has 1 aromatic rings. The zero-order chi connectivity index (χ0) is 16.7. The van der Waals surface area contributed by atoms with Crippen LogP contribution in [0.1, 0.15) is 64.4 Å². The zero-order valence-corrected chi connectivity index (χ0v) is 15.1. The number of benzene rings is 1. The number of carbonyl (C=O) groups excluding carboxylic acids is 1. The molecule has 3 heteroatoms. The van der Waals surface area contributed by atoms with Gasteiger partial charge < -0.3 is 4.90 Å². The first-order valence-corrected chi connectivity index (χ1v) is 9.30. The molecule has 1 amide bonds. The predicted molar refractivity (Wildman–Crippen MR) is 97.3 cm³/mol. The fraction of sp³-hybridized carbons (Fsp3) is 0.550. The Morgan fingerprint density at radius 3 is 2.43 bits per heavy atom. The summed E-state index contributed by atoms with van der Waals surface area (Å²) in [6.45, 7) is 5.05. The Hall–Kier alpha value is -1.28. The van der Waals surface area contributed by atoms with Gasteiger partial charge in [0.05, 0.1) is 11.6 Å². The van der Waals surface area contributed by atoms with Crippen molar-refractivity contribution in [2.75, 3.05) is 0 Å². The van der Waals surface area contributed by atoms with Gasteiger partial charge in [0.15, 0.2) is 0 Å². The van der Waals surface area contributed by atoms with E-state index in [1.54, 1.807) is 0 Å². The Labute approximate surface area is 145 Å². The van der Waals surface area contributed by atoms with E-state index in [1.807, 2.05) is 23.1 Å². The smallest absolute Gasteiger partial charge is 0.253 e.